The molecule has 1 aromatic heterocycles. The highest BCUT2D eigenvalue weighted by atomic mass is 35.5. The van der Waals surface area contributed by atoms with Crippen molar-refractivity contribution in [1.29, 1.82) is 0 Å². The molecule has 9 heteroatoms. The zero-order valence-electron chi connectivity index (χ0n) is 10.4. The Kier molecular flexibility index (Phi) is 4.55. The zero-order chi connectivity index (χ0) is 15.8. The van der Waals surface area contributed by atoms with E-state index in [1.54, 1.807) is 0 Å². The van der Waals surface area contributed by atoms with Gasteiger partial charge in [0.25, 0.3) is 5.56 Å². The Morgan fingerprint density at radius 2 is 1.90 bits per heavy atom. The van der Waals surface area contributed by atoms with Crippen molar-refractivity contribution in [1.82, 2.24) is 9.55 Å². The highest BCUT2D eigenvalue weighted by Gasteiger charge is 2.34. The van der Waals surface area contributed by atoms with E-state index in [0.717, 1.165) is 16.3 Å². The summed E-state index contributed by atoms with van der Waals surface area (Å²) in [5.74, 6) is 0. The molecule has 0 amide bonds. The van der Waals surface area contributed by atoms with Gasteiger partial charge in [0.05, 0.1) is 10.7 Å². The molecule has 0 atom stereocenters. The van der Waals surface area contributed by atoms with E-state index in [2.05, 4.69) is 4.98 Å². The van der Waals surface area contributed by atoms with Crippen molar-refractivity contribution in [3.8, 4) is 5.69 Å². The number of benzene rings is 1. The number of halogens is 5. The van der Waals surface area contributed by atoms with Crippen LogP contribution in [0.4, 0.5) is 13.2 Å². The molecule has 0 fully saturated rings. The van der Waals surface area contributed by atoms with Gasteiger partial charge in [-0.05, 0) is 24.5 Å². The van der Waals surface area contributed by atoms with Crippen LogP contribution in [0.2, 0.25) is 10.0 Å². The molecule has 112 valence electrons. The maximum Gasteiger partial charge on any atom is 0.433 e. The molecule has 0 radical (unpaired) electrons. The summed E-state index contributed by atoms with van der Waals surface area (Å²) in [5.41, 5.74) is -1.89. The SMILES string of the molecule is CSc1nc(C(F)(F)F)cc(=O)n1-c1ccc(Cl)cc1Cl. The maximum absolute atomic E-state index is 12.7. The van der Waals surface area contributed by atoms with E-state index in [1.807, 2.05) is 0 Å². The first-order valence-electron chi connectivity index (χ1n) is 5.44. The highest BCUT2D eigenvalue weighted by Crippen LogP contribution is 2.30. The Morgan fingerprint density at radius 3 is 2.43 bits per heavy atom. The van der Waals surface area contributed by atoms with Crippen LogP contribution in [0.15, 0.2) is 34.2 Å². The Bertz CT molecular complexity index is 746. The van der Waals surface area contributed by atoms with Gasteiger partial charge in [-0.15, -0.1) is 0 Å². The molecule has 0 N–H and O–H groups in total. The van der Waals surface area contributed by atoms with E-state index in [0.29, 0.717) is 11.1 Å². The molecule has 0 aliphatic rings. The Morgan fingerprint density at radius 1 is 1.24 bits per heavy atom. The molecule has 3 nitrogen and oxygen atoms in total. The quantitative estimate of drug-likeness (QED) is 0.596. The third kappa shape index (κ3) is 3.36. The second-order valence-electron chi connectivity index (χ2n) is 3.90. The summed E-state index contributed by atoms with van der Waals surface area (Å²) in [4.78, 5) is 15.5. The van der Waals surface area contributed by atoms with Gasteiger partial charge in [-0.2, -0.15) is 13.2 Å². The molecule has 0 aliphatic carbocycles. The van der Waals surface area contributed by atoms with Crippen LogP contribution in [0.1, 0.15) is 5.69 Å². The Balaban J connectivity index is 2.72. The summed E-state index contributed by atoms with van der Waals surface area (Å²) in [5, 5.41) is 0.378. The fourth-order valence-electron chi connectivity index (χ4n) is 1.63. The molecule has 21 heavy (non-hydrogen) atoms. The standard InChI is InChI=1S/C12H7Cl2F3N2OS/c1-21-11-18-9(12(15,16)17)5-10(20)19(11)8-3-2-6(13)4-7(8)14/h2-5H,1H3. The van der Waals surface area contributed by atoms with Crippen molar-refractivity contribution < 1.29 is 13.2 Å². The van der Waals surface area contributed by atoms with Gasteiger partial charge in [0.1, 0.15) is 0 Å². The second kappa shape index (κ2) is 5.90. The van der Waals surface area contributed by atoms with E-state index in [4.69, 9.17) is 23.2 Å². The third-order valence-electron chi connectivity index (χ3n) is 2.51. The van der Waals surface area contributed by atoms with Crippen molar-refractivity contribution in [2.45, 2.75) is 11.3 Å². The largest absolute Gasteiger partial charge is 0.433 e. The molecular weight excluding hydrogens is 348 g/mol. The zero-order valence-corrected chi connectivity index (χ0v) is 12.7. The molecule has 0 aliphatic heterocycles. The molecule has 1 heterocycles. The number of hydrogen-bond donors (Lipinski definition) is 0. The molecule has 0 unspecified atom stereocenters. The first-order valence-corrected chi connectivity index (χ1v) is 7.43. The van der Waals surface area contributed by atoms with Crippen molar-refractivity contribution in [2.75, 3.05) is 6.26 Å². The number of aromatic nitrogens is 2. The van der Waals surface area contributed by atoms with Gasteiger partial charge >= 0.3 is 6.18 Å². The van der Waals surface area contributed by atoms with Crippen LogP contribution in [0.25, 0.3) is 5.69 Å². The summed E-state index contributed by atoms with van der Waals surface area (Å²) < 4.78 is 39.1. The van der Waals surface area contributed by atoms with E-state index in [1.165, 1.54) is 24.5 Å². The fourth-order valence-corrected chi connectivity index (χ4v) is 2.68. The monoisotopic (exact) mass is 354 g/mol. The summed E-state index contributed by atoms with van der Waals surface area (Å²) >= 11 is 12.7. The van der Waals surface area contributed by atoms with Crippen LogP contribution >= 0.6 is 35.0 Å². The number of rotatable bonds is 2. The smallest absolute Gasteiger partial charge is 0.269 e. The predicted molar refractivity (Wildman–Crippen MR) is 76.6 cm³/mol. The predicted octanol–water partition coefficient (Wildman–Crippen LogP) is 4.28. The van der Waals surface area contributed by atoms with E-state index < -0.39 is 17.4 Å². The van der Waals surface area contributed by atoms with E-state index in [-0.39, 0.29) is 15.9 Å². The normalized spacial score (nSPS) is 11.7. The van der Waals surface area contributed by atoms with E-state index in [9.17, 15) is 18.0 Å². The van der Waals surface area contributed by atoms with Gasteiger partial charge in [0.15, 0.2) is 10.9 Å². The lowest BCUT2D eigenvalue weighted by Gasteiger charge is -2.14. The lowest BCUT2D eigenvalue weighted by molar-refractivity contribution is -0.141. The minimum Gasteiger partial charge on any atom is -0.269 e. The molecule has 0 saturated carbocycles. The van der Waals surface area contributed by atoms with Gasteiger partial charge < -0.3 is 0 Å². The van der Waals surface area contributed by atoms with Crippen LogP contribution in [0, 0.1) is 0 Å². The Labute approximate surface area is 131 Å². The minimum absolute atomic E-state index is 0.112. The van der Waals surface area contributed by atoms with Crippen LogP contribution in [0.3, 0.4) is 0 Å². The molecule has 0 spiro atoms. The van der Waals surface area contributed by atoms with Gasteiger partial charge in [0, 0.05) is 11.1 Å². The number of alkyl halides is 3. The summed E-state index contributed by atoms with van der Waals surface area (Å²) in [6.07, 6.45) is -3.17. The molecule has 2 aromatic rings. The summed E-state index contributed by atoms with van der Waals surface area (Å²) in [6, 6.07) is 4.76. The van der Waals surface area contributed by atoms with Crippen molar-refractivity contribution in [3.05, 3.63) is 50.4 Å². The molecule has 1 aromatic carbocycles. The fraction of sp³-hybridized carbons (Fsp3) is 0.167. The average molecular weight is 355 g/mol. The maximum atomic E-state index is 12.7. The third-order valence-corrected chi connectivity index (χ3v) is 3.69. The van der Waals surface area contributed by atoms with Gasteiger partial charge in [-0.25, -0.2) is 4.98 Å². The average Bonchev–Trinajstić information content (AvgIpc) is 2.37. The number of thioether (sulfide) groups is 1. The van der Waals surface area contributed by atoms with Crippen molar-refractivity contribution in [2.24, 2.45) is 0 Å². The molecular formula is C12H7Cl2F3N2OS. The lowest BCUT2D eigenvalue weighted by Crippen LogP contribution is -2.24. The second-order valence-corrected chi connectivity index (χ2v) is 5.51. The molecule has 0 saturated heterocycles. The number of hydrogen-bond acceptors (Lipinski definition) is 3. The van der Waals surface area contributed by atoms with Crippen molar-refractivity contribution in [3.63, 3.8) is 0 Å². The van der Waals surface area contributed by atoms with Gasteiger partial charge in [-0.3, -0.25) is 9.36 Å². The molecule has 0 bridgehead atoms. The topological polar surface area (TPSA) is 34.9 Å². The van der Waals surface area contributed by atoms with Crippen LogP contribution in [-0.2, 0) is 6.18 Å². The van der Waals surface area contributed by atoms with Crippen LogP contribution in [-0.4, -0.2) is 15.8 Å². The van der Waals surface area contributed by atoms with Crippen LogP contribution in [0.5, 0.6) is 0 Å². The first-order chi connectivity index (χ1) is 9.74. The number of nitrogens with zero attached hydrogens (tertiary/aromatic N) is 2. The van der Waals surface area contributed by atoms with Gasteiger partial charge in [-0.1, -0.05) is 35.0 Å². The van der Waals surface area contributed by atoms with Gasteiger partial charge in [0.2, 0.25) is 0 Å². The summed E-state index contributed by atoms with van der Waals surface area (Å²) in [7, 11) is 0. The van der Waals surface area contributed by atoms with Crippen molar-refractivity contribution >= 4 is 35.0 Å². The van der Waals surface area contributed by atoms with E-state index >= 15 is 0 Å². The summed E-state index contributed by atoms with van der Waals surface area (Å²) in [6.45, 7) is 0. The highest BCUT2D eigenvalue weighted by molar-refractivity contribution is 7.98. The lowest BCUT2D eigenvalue weighted by atomic mass is 10.3. The molecule has 2 rings (SSSR count). The minimum atomic E-state index is -4.69. The van der Waals surface area contributed by atoms with Crippen LogP contribution < -0.4 is 5.56 Å². The first kappa shape index (κ1) is 16.2. The Hall–Kier alpha value is -1.18.